The standard InChI is InChI=1S/C15H20FNO2/c1-15(2)10-11(9-14(18)19)7-8-17(15)13-6-4-3-5-12(13)16/h3-6,11H,7-10H2,1-2H3,(H,18,19). The van der Waals surface area contributed by atoms with Gasteiger partial charge in [0.2, 0.25) is 0 Å². The van der Waals surface area contributed by atoms with Crippen LogP contribution in [0, 0.1) is 11.7 Å². The number of halogens is 1. The first-order valence-corrected chi connectivity index (χ1v) is 6.64. The molecule has 3 nitrogen and oxygen atoms in total. The molecule has 1 aromatic carbocycles. The van der Waals surface area contributed by atoms with Gasteiger partial charge in [-0.1, -0.05) is 12.1 Å². The van der Waals surface area contributed by atoms with Gasteiger partial charge >= 0.3 is 5.97 Å². The molecule has 1 aliphatic heterocycles. The minimum atomic E-state index is -0.750. The number of para-hydroxylation sites is 1. The number of anilines is 1. The van der Waals surface area contributed by atoms with Crippen LogP contribution in [0.1, 0.15) is 33.1 Å². The summed E-state index contributed by atoms with van der Waals surface area (Å²) in [5, 5.41) is 8.89. The summed E-state index contributed by atoms with van der Waals surface area (Å²) in [7, 11) is 0. The van der Waals surface area contributed by atoms with E-state index in [2.05, 4.69) is 4.90 Å². The Bertz CT molecular complexity index is 473. The Kier molecular flexibility index (Phi) is 3.78. The van der Waals surface area contributed by atoms with E-state index in [9.17, 15) is 9.18 Å². The molecule has 1 heterocycles. The molecule has 1 saturated heterocycles. The summed E-state index contributed by atoms with van der Waals surface area (Å²) >= 11 is 0. The summed E-state index contributed by atoms with van der Waals surface area (Å²) in [5.74, 6) is -0.789. The maximum Gasteiger partial charge on any atom is 0.303 e. The Hall–Kier alpha value is -1.58. The Balaban J connectivity index is 2.17. The maximum atomic E-state index is 13.9. The second-order valence-corrected chi connectivity index (χ2v) is 5.87. The van der Waals surface area contributed by atoms with Crippen LogP contribution >= 0.6 is 0 Å². The van der Waals surface area contributed by atoms with Crippen LogP contribution in [-0.2, 0) is 4.79 Å². The molecule has 1 atom stereocenters. The molecule has 0 spiro atoms. The van der Waals surface area contributed by atoms with Crippen molar-refractivity contribution < 1.29 is 14.3 Å². The number of piperidine rings is 1. The highest BCUT2D eigenvalue weighted by molar-refractivity contribution is 5.67. The third kappa shape index (κ3) is 3.06. The van der Waals surface area contributed by atoms with Crippen molar-refractivity contribution >= 4 is 11.7 Å². The highest BCUT2D eigenvalue weighted by atomic mass is 19.1. The van der Waals surface area contributed by atoms with Gasteiger partial charge in [0, 0.05) is 18.5 Å². The van der Waals surface area contributed by atoms with Gasteiger partial charge in [0.25, 0.3) is 0 Å². The normalized spacial score (nSPS) is 22.3. The number of hydrogen-bond acceptors (Lipinski definition) is 2. The first-order valence-electron chi connectivity index (χ1n) is 6.64. The molecule has 0 amide bonds. The van der Waals surface area contributed by atoms with Crippen molar-refractivity contribution in [2.45, 2.75) is 38.6 Å². The molecule has 1 unspecified atom stereocenters. The van der Waals surface area contributed by atoms with Crippen LogP contribution in [0.15, 0.2) is 24.3 Å². The Morgan fingerprint density at radius 2 is 2.16 bits per heavy atom. The molecule has 4 heteroatoms. The van der Waals surface area contributed by atoms with Crippen molar-refractivity contribution in [3.63, 3.8) is 0 Å². The molecular weight excluding hydrogens is 245 g/mol. The van der Waals surface area contributed by atoms with Crippen LogP contribution in [0.25, 0.3) is 0 Å². The van der Waals surface area contributed by atoms with Gasteiger partial charge in [-0.15, -0.1) is 0 Å². The summed E-state index contributed by atoms with van der Waals surface area (Å²) in [6, 6.07) is 6.77. The van der Waals surface area contributed by atoms with Crippen molar-refractivity contribution in [3.05, 3.63) is 30.1 Å². The average Bonchev–Trinajstić information content (AvgIpc) is 2.29. The van der Waals surface area contributed by atoms with Crippen molar-refractivity contribution in [1.29, 1.82) is 0 Å². The van der Waals surface area contributed by atoms with Crippen LogP contribution in [-0.4, -0.2) is 23.2 Å². The van der Waals surface area contributed by atoms with Gasteiger partial charge in [0.1, 0.15) is 5.82 Å². The summed E-state index contributed by atoms with van der Waals surface area (Å²) in [4.78, 5) is 12.9. The third-order valence-electron chi connectivity index (χ3n) is 3.89. The number of hydrogen-bond donors (Lipinski definition) is 1. The number of rotatable bonds is 3. The van der Waals surface area contributed by atoms with Crippen molar-refractivity contribution in [2.75, 3.05) is 11.4 Å². The number of carbonyl (C=O) groups is 1. The Morgan fingerprint density at radius 3 is 2.74 bits per heavy atom. The molecule has 0 saturated carbocycles. The molecular formula is C15H20FNO2. The van der Waals surface area contributed by atoms with E-state index in [0.29, 0.717) is 12.2 Å². The topological polar surface area (TPSA) is 40.5 Å². The van der Waals surface area contributed by atoms with E-state index >= 15 is 0 Å². The molecule has 0 radical (unpaired) electrons. The molecule has 0 bridgehead atoms. The molecule has 1 N–H and O–H groups in total. The Labute approximate surface area is 113 Å². The van der Waals surface area contributed by atoms with Gasteiger partial charge < -0.3 is 10.0 Å². The number of carboxylic acid groups (broad SMARTS) is 1. The fraction of sp³-hybridized carbons (Fsp3) is 0.533. The fourth-order valence-corrected chi connectivity index (χ4v) is 3.07. The molecule has 104 valence electrons. The lowest BCUT2D eigenvalue weighted by atomic mass is 9.80. The van der Waals surface area contributed by atoms with Crippen LogP contribution in [0.4, 0.5) is 10.1 Å². The largest absolute Gasteiger partial charge is 0.481 e. The number of carboxylic acids is 1. The molecule has 1 fully saturated rings. The molecule has 0 aromatic heterocycles. The van der Waals surface area contributed by atoms with E-state index in [1.165, 1.54) is 6.07 Å². The molecule has 1 aromatic rings. The van der Waals surface area contributed by atoms with E-state index in [4.69, 9.17) is 5.11 Å². The SMILES string of the molecule is CC1(C)CC(CC(=O)O)CCN1c1ccccc1F. The lowest BCUT2D eigenvalue weighted by Crippen LogP contribution is -2.50. The van der Waals surface area contributed by atoms with Gasteiger partial charge in [-0.3, -0.25) is 4.79 Å². The number of aliphatic carboxylic acids is 1. The van der Waals surface area contributed by atoms with Gasteiger partial charge in [0.15, 0.2) is 0 Å². The van der Waals surface area contributed by atoms with E-state index in [1.54, 1.807) is 12.1 Å². The lowest BCUT2D eigenvalue weighted by Gasteiger charge is -2.47. The molecule has 2 rings (SSSR count). The molecule has 1 aliphatic rings. The minimum absolute atomic E-state index is 0.176. The highest BCUT2D eigenvalue weighted by Crippen LogP contribution is 2.37. The molecule has 19 heavy (non-hydrogen) atoms. The maximum absolute atomic E-state index is 13.9. The van der Waals surface area contributed by atoms with Gasteiger partial charge in [0.05, 0.1) is 5.69 Å². The lowest BCUT2D eigenvalue weighted by molar-refractivity contribution is -0.138. The van der Waals surface area contributed by atoms with E-state index in [-0.39, 0.29) is 23.7 Å². The second kappa shape index (κ2) is 5.19. The van der Waals surface area contributed by atoms with E-state index in [0.717, 1.165) is 12.8 Å². The predicted molar refractivity (Wildman–Crippen MR) is 72.8 cm³/mol. The first-order chi connectivity index (χ1) is 8.90. The summed E-state index contributed by atoms with van der Waals surface area (Å²) in [5.41, 5.74) is 0.391. The van der Waals surface area contributed by atoms with Crippen LogP contribution in [0.5, 0.6) is 0 Å². The summed E-state index contributed by atoms with van der Waals surface area (Å²) in [6.45, 7) is 4.80. The van der Waals surface area contributed by atoms with Gasteiger partial charge in [-0.05, 0) is 44.7 Å². The minimum Gasteiger partial charge on any atom is -0.481 e. The third-order valence-corrected chi connectivity index (χ3v) is 3.89. The summed E-state index contributed by atoms with van der Waals surface area (Å²) < 4.78 is 13.9. The second-order valence-electron chi connectivity index (χ2n) is 5.87. The van der Waals surface area contributed by atoms with E-state index in [1.807, 2.05) is 19.9 Å². The Morgan fingerprint density at radius 1 is 1.47 bits per heavy atom. The fourth-order valence-electron chi connectivity index (χ4n) is 3.07. The van der Waals surface area contributed by atoms with Crippen molar-refractivity contribution in [1.82, 2.24) is 0 Å². The summed E-state index contributed by atoms with van der Waals surface area (Å²) in [6.07, 6.45) is 1.77. The average molecular weight is 265 g/mol. The first kappa shape index (κ1) is 13.8. The number of nitrogens with zero attached hydrogens (tertiary/aromatic N) is 1. The number of benzene rings is 1. The quantitative estimate of drug-likeness (QED) is 0.911. The van der Waals surface area contributed by atoms with Gasteiger partial charge in [-0.2, -0.15) is 0 Å². The van der Waals surface area contributed by atoms with Crippen LogP contribution in [0.2, 0.25) is 0 Å². The van der Waals surface area contributed by atoms with Crippen LogP contribution < -0.4 is 4.90 Å². The highest BCUT2D eigenvalue weighted by Gasteiger charge is 2.36. The van der Waals surface area contributed by atoms with E-state index < -0.39 is 5.97 Å². The molecule has 0 aliphatic carbocycles. The zero-order chi connectivity index (χ0) is 14.0. The van der Waals surface area contributed by atoms with Crippen molar-refractivity contribution in [2.24, 2.45) is 5.92 Å². The smallest absolute Gasteiger partial charge is 0.303 e. The monoisotopic (exact) mass is 265 g/mol. The zero-order valence-corrected chi connectivity index (χ0v) is 11.4. The van der Waals surface area contributed by atoms with Crippen molar-refractivity contribution in [3.8, 4) is 0 Å². The van der Waals surface area contributed by atoms with Crippen LogP contribution in [0.3, 0.4) is 0 Å². The predicted octanol–water partition coefficient (Wildman–Crippen LogP) is 3.30. The van der Waals surface area contributed by atoms with Gasteiger partial charge in [-0.25, -0.2) is 4.39 Å². The zero-order valence-electron chi connectivity index (χ0n) is 11.4.